The zero-order valence-electron chi connectivity index (χ0n) is 28.8. The molecule has 0 spiro atoms. The second kappa shape index (κ2) is 19.7. The lowest BCUT2D eigenvalue weighted by Crippen LogP contribution is -2.63. The van der Waals surface area contributed by atoms with Crippen molar-refractivity contribution in [3.63, 3.8) is 0 Å². The van der Waals surface area contributed by atoms with Crippen molar-refractivity contribution >= 4 is 47.8 Å². The van der Waals surface area contributed by atoms with Crippen LogP contribution in [0.1, 0.15) is 55.4 Å². The molecule has 20 nitrogen and oxygen atoms in total. The van der Waals surface area contributed by atoms with E-state index in [2.05, 4.69) is 0 Å². The van der Waals surface area contributed by atoms with Gasteiger partial charge in [-0.1, -0.05) is 0 Å². The van der Waals surface area contributed by atoms with Gasteiger partial charge in [-0.25, -0.2) is 0 Å². The molecular weight excluding hydrogens is 680 g/mol. The maximum atomic E-state index is 12.1. The van der Waals surface area contributed by atoms with Gasteiger partial charge in [0.25, 0.3) is 0 Å². The minimum Gasteiger partial charge on any atom is -0.463 e. The Labute approximate surface area is 286 Å². The molecule has 2 aliphatic rings. The molecule has 0 bridgehead atoms. The lowest BCUT2D eigenvalue weighted by molar-refractivity contribution is -0.322. The molecule has 0 N–H and O–H groups in total. The molecule has 2 heterocycles. The number of hydrogen-bond acceptors (Lipinski definition) is 20. The van der Waals surface area contributed by atoms with Crippen molar-refractivity contribution in [2.75, 3.05) is 26.4 Å². The second-order valence-corrected chi connectivity index (χ2v) is 10.9. The molecular formula is C30H42O20. The first-order chi connectivity index (χ1) is 23.4. The van der Waals surface area contributed by atoms with Gasteiger partial charge >= 0.3 is 47.8 Å². The Morgan fingerprint density at radius 2 is 0.640 bits per heavy atom. The quantitative estimate of drug-likeness (QED) is 0.114. The molecule has 2 aliphatic heterocycles. The highest BCUT2D eigenvalue weighted by Gasteiger charge is 2.54. The number of ether oxygens (including phenoxy) is 12. The Morgan fingerprint density at radius 3 is 0.900 bits per heavy atom. The van der Waals surface area contributed by atoms with E-state index >= 15 is 0 Å². The van der Waals surface area contributed by atoms with E-state index in [0.717, 1.165) is 55.4 Å². The van der Waals surface area contributed by atoms with Crippen molar-refractivity contribution in [1.29, 1.82) is 0 Å². The SMILES string of the molecule is CC(=O)OC[C@H]1O[C@@H](OCCO[C@@H]2O[C@H](COC(C)=O)[C@@H](OC(C)=O)[C@H](OC(C)=O)[C@H]2OC(C)=O)[C@H](OC(C)=O)[C@@H](OC(C)=O)[C@@H]1OC(C)=O. The number of carbonyl (C=O) groups excluding carboxylic acids is 8. The van der Waals surface area contributed by atoms with Crippen LogP contribution in [0.4, 0.5) is 0 Å². The average molecular weight is 723 g/mol. The summed E-state index contributed by atoms with van der Waals surface area (Å²) in [6.07, 6.45) is -14.4. The molecule has 10 atom stereocenters. The third kappa shape index (κ3) is 13.5. The van der Waals surface area contributed by atoms with Crippen LogP contribution in [0.25, 0.3) is 0 Å². The molecule has 2 fully saturated rings. The zero-order chi connectivity index (χ0) is 37.7. The van der Waals surface area contributed by atoms with Gasteiger partial charge in [0.1, 0.15) is 25.4 Å². The van der Waals surface area contributed by atoms with Gasteiger partial charge in [0.15, 0.2) is 49.2 Å². The summed E-state index contributed by atoms with van der Waals surface area (Å²) in [6.45, 7) is 6.83. The van der Waals surface area contributed by atoms with Crippen LogP contribution in [0, 0.1) is 0 Å². The standard InChI is InChI=1S/C30H42O20/c1-13(31)41-11-21-23(43-15(3)33)25(45-17(5)35)27(47-19(7)37)29(49-21)39-9-10-40-30-28(48-20(8)38)26(46-18(6)36)24(44-16(4)34)22(50-30)12-42-14(2)32/h21-30H,9-12H2,1-8H3/t21-,22-,23-,24-,25+,26+,27-,28-,29-,30-/m1/s1. The molecule has 0 saturated carbocycles. The topological polar surface area (TPSA) is 247 Å². The summed E-state index contributed by atoms with van der Waals surface area (Å²) in [5.74, 6) is -6.44. The fourth-order valence-corrected chi connectivity index (χ4v) is 4.97. The van der Waals surface area contributed by atoms with Gasteiger partial charge in [0.05, 0.1) is 13.2 Å². The van der Waals surface area contributed by atoms with Crippen molar-refractivity contribution in [3.05, 3.63) is 0 Å². The van der Waals surface area contributed by atoms with Crippen molar-refractivity contribution in [3.8, 4) is 0 Å². The fourth-order valence-electron chi connectivity index (χ4n) is 4.97. The summed E-state index contributed by atoms with van der Waals surface area (Å²) >= 11 is 0. The van der Waals surface area contributed by atoms with Gasteiger partial charge in [-0.05, 0) is 0 Å². The fraction of sp³-hybridized carbons (Fsp3) is 0.733. The molecule has 0 aromatic rings. The van der Waals surface area contributed by atoms with Gasteiger partial charge < -0.3 is 56.8 Å². The lowest BCUT2D eigenvalue weighted by atomic mass is 9.98. The van der Waals surface area contributed by atoms with Crippen molar-refractivity contribution in [1.82, 2.24) is 0 Å². The third-order valence-electron chi connectivity index (χ3n) is 6.54. The summed E-state index contributed by atoms with van der Waals surface area (Å²) < 4.78 is 65.4. The smallest absolute Gasteiger partial charge is 0.303 e. The van der Waals surface area contributed by atoms with Crippen molar-refractivity contribution in [2.45, 2.75) is 117 Å². The van der Waals surface area contributed by atoms with E-state index in [-0.39, 0.29) is 0 Å². The van der Waals surface area contributed by atoms with Crippen LogP contribution in [-0.4, -0.2) is 136 Å². The van der Waals surface area contributed by atoms with Crippen LogP contribution in [0.15, 0.2) is 0 Å². The Bertz CT molecular complexity index is 1150. The van der Waals surface area contributed by atoms with Crippen LogP contribution in [-0.2, 0) is 95.2 Å². The monoisotopic (exact) mass is 722 g/mol. The van der Waals surface area contributed by atoms with Gasteiger partial charge in [0, 0.05) is 55.4 Å². The summed E-state index contributed by atoms with van der Waals surface area (Å²) in [5, 5.41) is 0. The molecule has 2 saturated heterocycles. The van der Waals surface area contributed by atoms with Crippen LogP contribution >= 0.6 is 0 Å². The predicted molar refractivity (Wildman–Crippen MR) is 156 cm³/mol. The second-order valence-electron chi connectivity index (χ2n) is 10.9. The molecule has 282 valence electrons. The third-order valence-corrected chi connectivity index (χ3v) is 6.54. The van der Waals surface area contributed by atoms with Gasteiger partial charge in [-0.3, -0.25) is 38.4 Å². The van der Waals surface area contributed by atoms with E-state index in [4.69, 9.17) is 56.8 Å². The molecule has 2 rings (SSSR count). The minimum atomic E-state index is -1.53. The summed E-state index contributed by atoms with van der Waals surface area (Å²) in [5.41, 5.74) is 0. The first-order valence-electron chi connectivity index (χ1n) is 15.2. The van der Waals surface area contributed by atoms with E-state index in [1.165, 1.54) is 0 Å². The summed E-state index contributed by atoms with van der Waals surface area (Å²) in [6, 6.07) is 0. The molecule has 0 unspecified atom stereocenters. The zero-order valence-corrected chi connectivity index (χ0v) is 28.8. The lowest BCUT2D eigenvalue weighted by Gasteiger charge is -2.44. The molecule has 0 aliphatic carbocycles. The highest BCUT2D eigenvalue weighted by atomic mass is 16.8. The minimum absolute atomic E-state index is 0.402. The van der Waals surface area contributed by atoms with Crippen LogP contribution in [0.3, 0.4) is 0 Å². The molecule has 50 heavy (non-hydrogen) atoms. The molecule has 0 aromatic heterocycles. The van der Waals surface area contributed by atoms with Crippen molar-refractivity contribution < 1.29 is 95.2 Å². The summed E-state index contributed by atoms with van der Waals surface area (Å²) in [7, 11) is 0. The van der Waals surface area contributed by atoms with E-state index < -0.39 is 136 Å². The molecule has 20 heteroatoms. The van der Waals surface area contributed by atoms with Crippen LogP contribution in [0.5, 0.6) is 0 Å². The maximum Gasteiger partial charge on any atom is 0.303 e. The van der Waals surface area contributed by atoms with Gasteiger partial charge in [-0.2, -0.15) is 0 Å². The molecule has 0 amide bonds. The first kappa shape index (κ1) is 41.8. The Kier molecular flexibility index (Phi) is 16.5. The van der Waals surface area contributed by atoms with Crippen LogP contribution in [0.2, 0.25) is 0 Å². The molecule has 0 radical (unpaired) electrons. The van der Waals surface area contributed by atoms with E-state index in [1.807, 2.05) is 0 Å². The van der Waals surface area contributed by atoms with Crippen molar-refractivity contribution in [2.24, 2.45) is 0 Å². The van der Waals surface area contributed by atoms with E-state index in [9.17, 15) is 38.4 Å². The highest BCUT2D eigenvalue weighted by molar-refractivity contribution is 5.70. The highest BCUT2D eigenvalue weighted by Crippen LogP contribution is 2.32. The van der Waals surface area contributed by atoms with Crippen LogP contribution < -0.4 is 0 Å². The predicted octanol–water partition coefficient (Wildman–Crippen LogP) is -0.814. The first-order valence-corrected chi connectivity index (χ1v) is 15.2. The normalized spacial score (nSPS) is 29.0. The number of carbonyl (C=O) groups is 8. The van der Waals surface area contributed by atoms with Gasteiger partial charge in [-0.15, -0.1) is 0 Å². The Morgan fingerprint density at radius 1 is 0.380 bits per heavy atom. The number of esters is 8. The van der Waals surface area contributed by atoms with Gasteiger partial charge in [0.2, 0.25) is 0 Å². The van der Waals surface area contributed by atoms with E-state index in [1.54, 1.807) is 0 Å². The largest absolute Gasteiger partial charge is 0.463 e. The van der Waals surface area contributed by atoms with E-state index in [0.29, 0.717) is 0 Å². The average Bonchev–Trinajstić information content (AvgIpc) is 2.97. The summed E-state index contributed by atoms with van der Waals surface area (Å²) in [4.78, 5) is 95.3. The Balaban J connectivity index is 2.36. The Hall–Kier alpha value is -4.40. The molecule has 0 aromatic carbocycles. The number of rotatable bonds is 15. The maximum absolute atomic E-state index is 12.1. The number of hydrogen-bond donors (Lipinski definition) is 0.